The molecule has 1 amide bonds. The van der Waals surface area contributed by atoms with Gasteiger partial charge in [-0.3, -0.25) is 9.59 Å². The topological polar surface area (TPSA) is 49.4 Å². The maximum Gasteiger partial charge on any atom is 0.251 e. The molecule has 1 aliphatic carbocycles. The van der Waals surface area contributed by atoms with Crippen LogP contribution >= 0.6 is 0 Å². The van der Waals surface area contributed by atoms with Gasteiger partial charge in [0.1, 0.15) is 0 Å². The van der Waals surface area contributed by atoms with Crippen LogP contribution in [0.15, 0.2) is 18.2 Å². The zero-order valence-corrected chi connectivity index (χ0v) is 13.2. The van der Waals surface area contributed by atoms with Crippen LogP contribution in [0, 0.1) is 5.92 Å². The average molecular weight is 300 g/mol. The smallest absolute Gasteiger partial charge is 0.251 e. The van der Waals surface area contributed by atoms with Crippen LogP contribution < -0.4 is 5.32 Å². The number of carbonyl (C=O) groups excluding carboxylic acids is 2. The highest BCUT2D eigenvalue weighted by atomic mass is 16.1. The van der Waals surface area contributed by atoms with Crippen molar-refractivity contribution in [2.75, 3.05) is 26.2 Å². The Morgan fingerprint density at radius 3 is 3.05 bits per heavy atom. The first-order valence-corrected chi connectivity index (χ1v) is 8.34. The number of amides is 1. The number of hydrogen-bond acceptors (Lipinski definition) is 3. The minimum absolute atomic E-state index is 0.0273. The van der Waals surface area contributed by atoms with Gasteiger partial charge in [0, 0.05) is 30.6 Å². The Kier molecular flexibility index (Phi) is 4.57. The Hall–Kier alpha value is -1.68. The Balaban J connectivity index is 1.59. The molecule has 1 saturated heterocycles. The number of Topliss-reactive ketones (excluding diaryl/α,β-unsaturated/α-hetero) is 1. The normalized spacial score (nSPS) is 21.1. The van der Waals surface area contributed by atoms with E-state index in [0.29, 0.717) is 24.3 Å². The monoisotopic (exact) mass is 300 g/mol. The van der Waals surface area contributed by atoms with Gasteiger partial charge in [0.2, 0.25) is 0 Å². The lowest BCUT2D eigenvalue weighted by Gasteiger charge is -2.15. The fraction of sp³-hybridized carbons (Fsp3) is 0.556. The first-order chi connectivity index (χ1) is 10.7. The fourth-order valence-electron chi connectivity index (χ4n) is 3.63. The summed E-state index contributed by atoms with van der Waals surface area (Å²) in [7, 11) is 0. The van der Waals surface area contributed by atoms with Gasteiger partial charge in [-0.2, -0.15) is 0 Å². The summed E-state index contributed by atoms with van der Waals surface area (Å²) >= 11 is 0. The number of likely N-dealkylation sites (tertiary alicyclic amines) is 1. The van der Waals surface area contributed by atoms with Gasteiger partial charge in [-0.15, -0.1) is 0 Å². The molecule has 0 radical (unpaired) electrons. The molecule has 1 aliphatic heterocycles. The second-order valence-corrected chi connectivity index (χ2v) is 6.42. The summed E-state index contributed by atoms with van der Waals surface area (Å²) in [5.74, 6) is 0.685. The Labute approximate surface area is 131 Å². The Morgan fingerprint density at radius 1 is 1.36 bits per heavy atom. The molecule has 0 unspecified atom stereocenters. The Bertz CT molecular complexity index is 582. The molecule has 0 saturated carbocycles. The zero-order chi connectivity index (χ0) is 15.5. The van der Waals surface area contributed by atoms with Crippen molar-refractivity contribution in [3.63, 3.8) is 0 Å². The van der Waals surface area contributed by atoms with Crippen molar-refractivity contribution in [3.05, 3.63) is 34.9 Å². The highest BCUT2D eigenvalue weighted by Crippen LogP contribution is 2.25. The molecule has 3 rings (SSSR count). The molecular weight excluding hydrogens is 276 g/mol. The summed E-state index contributed by atoms with van der Waals surface area (Å²) in [4.78, 5) is 26.7. The molecule has 1 heterocycles. The number of rotatable bonds is 5. The van der Waals surface area contributed by atoms with E-state index < -0.39 is 0 Å². The Morgan fingerprint density at radius 2 is 2.23 bits per heavy atom. The minimum Gasteiger partial charge on any atom is -0.352 e. The second-order valence-electron chi connectivity index (χ2n) is 6.42. The van der Waals surface area contributed by atoms with E-state index in [4.69, 9.17) is 0 Å². The molecule has 0 bridgehead atoms. The molecule has 2 aliphatic rings. The number of fused-ring (bicyclic) bond motifs is 1. The molecule has 1 aromatic rings. The third kappa shape index (κ3) is 3.07. The molecule has 4 heteroatoms. The van der Waals surface area contributed by atoms with E-state index in [1.165, 1.54) is 6.42 Å². The van der Waals surface area contributed by atoms with Crippen LogP contribution in [-0.2, 0) is 6.42 Å². The van der Waals surface area contributed by atoms with E-state index in [9.17, 15) is 9.59 Å². The average Bonchev–Trinajstić information content (AvgIpc) is 3.12. The molecule has 1 N–H and O–H groups in total. The van der Waals surface area contributed by atoms with Gasteiger partial charge in [-0.25, -0.2) is 0 Å². The number of benzene rings is 1. The van der Waals surface area contributed by atoms with Crippen molar-refractivity contribution in [2.24, 2.45) is 5.92 Å². The number of nitrogens with zero attached hydrogens (tertiary/aromatic N) is 1. The van der Waals surface area contributed by atoms with Gasteiger partial charge >= 0.3 is 0 Å². The van der Waals surface area contributed by atoms with Crippen LogP contribution in [0.1, 0.15) is 52.5 Å². The van der Waals surface area contributed by atoms with E-state index >= 15 is 0 Å². The highest BCUT2D eigenvalue weighted by Gasteiger charge is 2.26. The molecular formula is C18H24N2O2. The van der Waals surface area contributed by atoms with Crippen molar-refractivity contribution < 1.29 is 9.59 Å². The predicted octanol–water partition coefficient (Wildman–Crippen LogP) is 2.28. The number of ketones is 1. The summed E-state index contributed by atoms with van der Waals surface area (Å²) in [5, 5.41) is 3.07. The van der Waals surface area contributed by atoms with Crippen LogP contribution in [-0.4, -0.2) is 42.8 Å². The van der Waals surface area contributed by atoms with E-state index in [-0.39, 0.29) is 11.7 Å². The molecule has 1 fully saturated rings. The van der Waals surface area contributed by atoms with E-state index in [1.54, 1.807) is 0 Å². The molecule has 4 nitrogen and oxygen atoms in total. The molecule has 118 valence electrons. The maximum absolute atomic E-state index is 12.4. The fourth-order valence-corrected chi connectivity index (χ4v) is 3.63. The van der Waals surface area contributed by atoms with Gasteiger partial charge in [0.15, 0.2) is 5.78 Å². The molecule has 0 spiro atoms. The van der Waals surface area contributed by atoms with Crippen LogP contribution in [0.25, 0.3) is 0 Å². The molecule has 1 aromatic carbocycles. The first-order valence-electron chi connectivity index (χ1n) is 8.34. The number of carbonyl (C=O) groups is 2. The molecule has 0 aromatic heterocycles. The summed E-state index contributed by atoms with van der Waals surface area (Å²) in [6, 6.07) is 5.49. The largest absolute Gasteiger partial charge is 0.352 e. The summed E-state index contributed by atoms with van der Waals surface area (Å²) in [5.41, 5.74) is 2.36. The summed E-state index contributed by atoms with van der Waals surface area (Å²) in [6.45, 7) is 6.31. The highest BCUT2D eigenvalue weighted by molar-refractivity contribution is 6.05. The molecule has 22 heavy (non-hydrogen) atoms. The van der Waals surface area contributed by atoms with Crippen molar-refractivity contribution in [1.82, 2.24) is 10.2 Å². The van der Waals surface area contributed by atoms with Crippen LogP contribution in [0.3, 0.4) is 0 Å². The third-order valence-corrected chi connectivity index (χ3v) is 4.78. The van der Waals surface area contributed by atoms with Crippen molar-refractivity contribution in [3.8, 4) is 0 Å². The van der Waals surface area contributed by atoms with Crippen LogP contribution in [0.2, 0.25) is 0 Å². The zero-order valence-electron chi connectivity index (χ0n) is 13.2. The number of nitrogens with one attached hydrogen (secondary N) is 1. The lowest BCUT2D eigenvalue weighted by Crippen LogP contribution is -2.31. The van der Waals surface area contributed by atoms with Gasteiger partial charge in [-0.1, -0.05) is 19.1 Å². The van der Waals surface area contributed by atoms with Crippen LogP contribution in [0.4, 0.5) is 0 Å². The maximum atomic E-state index is 12.4. The van der Waals surface area contributed by atoms with Gasteiger partial charge in [-0.05, 0) is 49.9 Å². The SMILES string of the molecule is CCCN1CC[C@H](CNC(=O)c2cccc3c2CCC3=O)C1. The van der Waals surface area contributed by atoms with E-state index in [2.05, 4.69) is 17.1 Å². The summed E-state index contributed by atoms with van der Waals surface area (Å²) in [6.07, 6.45) is 3.58. The van der Waals surface area contributed by atoms with Gasteiger partial charge in [0.05, 0.1) is 0 Å². The lowest BCUT2D eigenvalue weighted by atomic mass is 10.0. The second kappa shape index (κ2) is 6.61. The third-order valence-electron chi connectivity index (χ3n) is 4.78. The summed E-state index contributed by atoms with van der Waals surface area (Å²) < 4.78 is 0. The predicted molar refractivity (Wildman–Crippen MR) is 86.3 cm³/mol. The molecule has 1 atom stereocenters. The van der Waals surface area contributed by atoms with Gasteiger partial charge < -0.3 is 10.2 Å². The van der Waals surface area contributed by atoms with Crippen molar-refractivity contribution in [1.29, 1.82) is 0 Å². The minimum atomic E-state index is -0.0273. The van der Waals surface area contributed by atoms with Crippen molar-refractivity contribution in [2.45, 2.75) is 32.6 Å². The quantitative estimate of drug-likeness (QED) is 0.907. The van der Waals surface area contributed by atoms with Crippen molar-refractivity contribution >= 4 is 11.7 Å². The van der Waals surface area contributed by atoms with Crippen LogP contribution in [0.5, 0.6) is 0 Å². The standard InChI is InChI=1S/C18H24N2O2/c1-2-9-20-10-8-13(12-20)11-19-18(22)16-5-3-4-15-14(16)6-7-17(15)21/h3-5,13H,2,6-12H2,1H3,(H,19,22)/t13-/m1/s1. The van der Waals surface area contributed by atoms with Gasteiger partial charge in [0.25, 0.3) is 5.91 Å². The van der Waals surface area contributed by atoms with E-state index in [0.717, 1.165) is 43.7 Å². The first kappa shape index (κ1) is 15.2. The van der Waals surface area contributed by atoms with E-state index in [1.807, 2.05) is 18.2 Å². The lowest BCUT2D eigenvalue weighted by molar-refractivity contribution is 0.0945. The number of hydrogen-bond donors (Lipinski definition) is 1.